The number of nitrogens with zero attached hydrogens (tertiary/aromatic N) is 1. The highest BCUT2D eigenvalue weighted by Gasteiger charge is 1.99. The molecule has 1 rings (SSSR count). The maximum Gasteiger partial charge on any atom is 0.0208 e. The lowest BCUT2D eigenvalue weighted by atomic mass is 10.1. The molecule has 90 valence electrons. The Morgan fingerprint density at radius 2 is 2.12 bits per heavy atom. The predicted molar refractivity (Wildman–Crippen MR) is 73.8 cm³/mol. The molecule has 16 heavy (non-hydrogen) atoms. The molecular formula is C13H21BrN2. The van der Waals surface area contributed by atoms with Crippen LogP contribution < -0.4 is 5.32 Å². The summed E-state index contributed by atoms with van der Waals surface area (Å²) in [5, 5.41) is 3.47. The molecule has 0 fully saturated rings. The summed E-state index contributed by atoms with van der Waals surface area (Å²) in [5.41, 5.74) is 2.72. The van der Waals surface area contributed by atoms with Crippen molar-refractivity contribution >= 4 is 15.9 Å². The van der Waals surface area contributed by atoms with Crippen molar-refractivity contribution in [2.24, 2.45) is 0 Å². The van der Waals surface area contributed by atoms with E-state index in [2.05, 4.69) is 65.2 Å². The summed E-state index contributed by atoms with van der Waals surface area (Å²) in [7, 11) is 2.15. The van der Waals surface area contributed by atoms with E-state index in [9.17, 15) is 0 Å². The van der Waals surface area contributed by atoms with Crippen LogP contribution >= 0.6 is 15.9 Å². The zero-order valence-electron chi connectivity index (χ0n) is 10.4. The highest BCUT2D eigenvalue weighted by atomic mass is 79.9. The van der Waals surface area contributed by atoms with E-state index in [4.69, 9.17) is 0 Å². The quantitative estimate of drug-likeness (QED) is 0.809. The Morgan fingerprint density at radius 3 is 2.75 bits per heavy atom. The predicted octanol–water partition coefficient (Wildman–Crippen LogP) is 2.80. The molecule has 0 aliphatic rings. The highest BCUT2D eigenvalue weighted by Crippen LogP contribution is 2.15. The minimum atomic E-state index is 0.955. The topological polar surface area (TPSA) is 15.3 Å². The van der Waals surface area contributed by atoms with Gasteiger partial charge in [-0.3, -0.25) is 0 Å². The first-order valence-corrected chi connectivity index (χ1v) is 6.57. The van der Waals surface area contributed by atoms with Gasteiger partial charge in [0.15, 0.2) is 0 Å². The normalized spacial score (nSPS) is 11.1. The van der Waals surface area contributed by atoms with Crippen molar-refractivity contribution in [2.45, 2.75) is 20.4 Å². The Hall–Kier alpha value is -0.380. The summed E-state index contributed by atoms with van der Waals surface area (Å²) in [5.74, 6) is 0. The molecule has 0 amide bonds. The van der Waals surface area contributed by atoms with Gasteiger partial charge in [0, 0.05) is 24.1 Å². The number of aryl methyl sites for hydroxylation is 1. The number of hydrogen-bond acceptors (Lipinski definition) is 2. The van der Waals surface area contributed by atoms with Crippen molar-refractivity contribution in [2.75, 3.05) is 26.7 Å². The second-order valence-corrected chi connectivity index (χ2v) is 5.06. The van der Waals surface area contributed by atoms with Crippen LogP contribution in [0.15, 0.2) is 22.7 Å². The van der Waals surface area contributed by atoms with E-state index in [1.807, 2.05) is 0 Å². The SMILES string of the molecule is CCN(C)CCNCc1ccc(Br)cc1C. The summed E-state index contributed by atoms with van der Waals surface area (Å²) in [4.78, 5) is 2.31. The molecule has 0 unspecified atom stereocenters. The van der Waals surface area contributed by atoms with Gasteiger partial charge < -0.3 is 10.2 Å². The Bertz CT molecular complexity index is 326. The molecule has 1 aromatic carbocycles. The summed E-state index contributed by atoms with van der Waals surface area (Å²) in [6.45, 7) is 8.54. The van der Waals surface area contributed by atoms with E-state index >= 15 is 0 Å². The first kappa shape index (κ1) is 13.7. The lowest BCUT2D eigenvalue weighted by Gasteiger charge is -2.14. The molecule has 0 bridgehead atoms. The molecule has 0 atom stereocenters. The largest absolute Gasteiger partial charge is 0.311 e. The van der Waals surface area contributed by atoms with Gasteiger partial charge in [0.2, 0.25) is 0 Å². The molecule has 3 heteroatoms. The molecule has 0 radical (unpaired) electrons. The summed E-state index contributed by atoms with van der Waals surface area (Å²) >= 11 is 3.48. The van der Waals surface area contributed by atoms with E-state index in [0.29, 0.717) is 0 Å². The number of halogens is 1. The molecule has 1 N–H and O–H groups in total. The monoisotopic (exact) mass is 284 g/mol. The van der Waals surface area contributed by atoms with Gasteiger partial charge >= 0.3 is 0 Å². The van der Waals surface area contributed by atoms with Gasteiger partial charge in [-0.2, -0.15) is 0 Å². The fraction of sp³-hybridized carbons (Fsp3) is 0.538. The Kier molecular flexibility index (Phi) is 6.03. The van der Waals surface area contributed by atoms with Crippen molar-refractivity contribution in [3.8, 4) is 0 Å². The van der Waals surface area contributed by atoms with E-state index in [-0.39, 0.29) is 0 Å². The van der Waals surface area contributed by atoms with Crippen LogP contribution in [0.5, 0.6) is 0 Å². The second-order valence-electron chi connectivity index (χ2n) is 4.14. The highest BCUT2D eigenvalue weighted by molar-refractivity contribution is 9.10. The molecule has 0 aliphatic heterocycles. The van der Waals surface area contributed by atoms with E-state index in [0.717, 1.165) is 30.7 Å². The number of nitrogens with one attached hydrogen (secondary N) is 1. The zero-order valence-corrected chi connectivity index (χ0v) is 12.0. The summed E-state index contributed by atoms with van der Waals surface area (Å²) < 4.78 is 1.15. The first-order valence-electron chi connectivity index (χ1n) is 5.77. The van der Waals surface area contributed by atoms with Crippen LogP contribution in [0.3, 0.4) is 0 Å². The number of likely N-dealkylation sites (N-methyl/N-ethyl adjacent to an activating group) is 1. The molecule has 0 saturated heterocycles. The van der Waals surface area contributed by atoms with Gasteiger partial charge in [-0.05, 0) is 43.8 Å². The Morgan fingerprint density at radius 1 is 1.38 bits per heavy atom. The third kappa shape index (κ3) is 4.64. The van der Waals surface area contributed by atoms with Gasteiger partial charge in [-0.1, -0.05) is 28.9 Å². The molecule has 0 saturated carbocycles. The number of hydrogen-bond donors (Lipinski definition) is 1. The standard InChI is InChI=1S/C13H21BrN2/c1-4-16(3)8-7-15-10-12-5-6-13(14)9-11(12)2/h5-6,9,15H,4,7-8,10H2,1-3H3. The van der Waals surface area contributed by atoms with Crippen molar-refractivity contribution < 1.29 is 0 Å². The van der Waals surface area contributed by atoms with Gasteiger partial charge in [0.05, 0.1) is 0 Å². The van der Waals surface area contributed by atoms with E-state index < -0.39 is 0 Å². The van der Waals surface area contributed by atoms with Crippen LogP contribution in [-0.4, -0.2) is 31.6 Å². The fourth-order valence-corrected chi connectivity index (χ4v) is 1.98. The van der Waals surface area contributed by atoms with Crippen LogP contribution in [0, 0.1) is 6.92 Å². The minimum Gasteiger partial charge on any atom is -0.311 e. The average molecular weight is 285 g/mol. The van der Waals surface area contributed by atoms with Crippen LogP contribution in [0.1, 0.15) is 18.1 Å². The maximum atomic E-state index is 3.48. The third-order valence-corrected chi connectivity index (χ3v) is 3.32. The van der Waals surface area contributed by atoms with Crippen LogP contribution in [0.25, 0.3) is 0 Å². The molecule has 2 nitrogen and oxygen atoms in total. The van der Waals surface area contributed by atoms with Crippen molar-refractivity contribution in [1.82, 2.24) is 10.2 Å². The lowest BCUT2D eigenvalue weighted by Crippen LogP contribution is -2.28. The van der Waals surface area contributed by atoms with Gasteiger partial charge in [-0.25, -0.2) is 0 Å². The third-order valence-electron chi connectivity index (χ3n) is 2.83. The van der Waals surface area contributed by atoms with E-state index in [1.165, 1.54) is 11.1 Å². The molecule has 0 aliphatic carbocycles. The molecule has 0 aromatic heterocycles. The van der Waals surface area contributed by atoms with Crippen LogP contribution in [0.4, 0.5) is 0 Å². The smallest absolute Gasteiger partial charge is 0.0208 e. The summed E-state index contributed by atoms with van der Waals surface area (Å²) in [6.07, 6.45) is 0. The maximum absolute atomic E-state index is 3.48. The van der Waals surface area contributed by atoms with Crippen molar-refractivity contribution in [1.29, 1.82) is 0 Å². The van der Waals surface area contributed by atoms with E-state index in [1.54, 1.807) is 0 Å². The van der Waals surface area contributed by atoms with Gasteiger partial charge in [0.1, 0.15) is 0 Å². The Balaban J connectivity index is 2.32. The van der Waals surface area contributed by atoms with Gasteiger partial charge in [0.25, 0.3) is 0 Å². The minimum absolute atomic E-state index is 0.955. The Labute approximate surface area is 107 Å². The van der Waals surface area contributed by atoms with Crippen molar-refractivity contribution in [3.05, 3.63) is 33.8 Å². The molecule has 0 spiro atoms. The molecule has 0 heterocycles. The zero-order chi connectivity index (χ0) is 12.0. The first-order chi connectivity index (χ1) is 7.63. The molecule has 1 aromatic rings. The van der Waals surface area contributed by atoms with Gasteiger partial charge in [-0.15, -0.1) is 0 Å². The number of benzene rings is 1. The fourth-order valence-electron chi connectivity index (χ4n) is 1.51. The second kappa shape index (κ2) is 7.05. The van der Waals surface area contributed by atoms with Crippen LogP contribution in [-0.2, 0) is 6.54 Å². The number of rotatable bonds is 6. The van der Waals surface area contributed by atoms with Crippen LogP contribution in [0.2, 0.25) is 0 Å². The summed E-state index contributed by atoms with van der Waals surface area (Å²) in [6, 6.07) is 6.44. The molecular weight excluding hydrogens is 264 g/mol. The lowest BCUT2D eigenvalue weighted by molar-refractivity contribution is 0.349. The van der Waals surface area contributed by atoms with Crippen molar-refractivity contribution in [3.63, 3.8) is 0 Å². The average Bonchev–Trinajstić information content (AvgIpc) is 2.26.